The Bertz CT molecular complexity index is 415. The van der Waals surface area contributed by atoms with E-state index in [2.05, 4.69) is 24.2 Å². The normalized spacial score (nSPS) is 28.2. The molecule has 3 nitrogen and oxygen atoms in total. The monoisotopic (exact) mass is 265 g/mol. The van der Waals surface area contributed by atoms with Crippen LogP contribution in [0.3, 0.4) is 0 Å². The number of aromatic nitrogens is 1. The first-order chi connectivity index (χ1) is 8.78. The van der Waals surface area contributed by atoms with E-state index in [1.54, 1.807) is 0 Å². The van der Waals surface area contributed by atoms with Crippen LogP contribution >= 0.6 is 11.3 Å². The first-order valence-electron chi connectivity index (χ1n) is 7.19. The summed E-state index contributed by atoms with van der Waals surface area (Å²) in [7, 11) is 2.06. The SMILES string of the molecule is CNC1CCCc2sc(N3CCCC(C)C3)nc21. The van der Waals surface area contributed by atoms with Gasteiger partial charge in [-0.1, -0.05) is 6.92 Å². The lowest BCUT2D eigenvalue weighted by atomic mass is 9.98. The van der Waals surface area contributed by atoms with E-state index < -0.39 is 0 Å². The fourth-order valence-electron chi connectivity index (χ4n) is 3.18. The number of anilines is 1. The van der Waals surface area contributed by atoms with E-state index in [1.807, 2.05) is 11.3 Å². The second-order valence-electron chi connectivity index (χ2n) is 5.73. The van der Waals surface area contributed by atoms with Crippen LogP contribution in [0.15, 0.2) is 0 Å². The second kappa shape index (κ2) is 5.17. The lowest BCUT2D eigenvalue weighted by molar-refractivity contribution is 0.445. The third-order valence-electron chi connectivity index (χ3n) is 4.22. The average molecular weight is 265 g/mol. The molecule has 1 aliphatic heterocycles. The number of piperidine rings is 1. The summed E-state index contributed by atoms with van der Waals surface area (Å²) >= 11 is 1.94. The zero-order valence-corrected chi connectivity index (χ0v) is 12.2. The fourth-order valence-corrected chi connectivity index (χ4v) is 4.38. The molecular weight excluding hydrogens is 242 g/mol. The standard InChI is InChI=1S/C14H23N3S/c1-10-5-4-8-17(9-10)14-16-13-11(15-2)6-3-7-12(13)18-14/h10-11,15H,3-9H2,1-2H3. The smallest absolute Gasteiger partial charge is 0.185 e. The minimum Gasteiger partial charge on any atom is -0.348 e. The molecule has 2 aliphatic rings. The summed E-state index contributed by atoms with van der Waals surface area (Å²) in [6.07, 6.45) is 6.47. The van der Waals surface area contributed by atoms with Gasteiger partial charge < -0.3 is 10.2 Å². The highest BCUT2D eigenvalue weighted by Crippen LogP contribution is 2.37. The van der Waals surface area contributed by atoms with E-state index in [1.165, 1.54) is 60.9 Å². The molecule has 2 heterocycles. The lowest BCUT2D eigenvalue weighted by Gasteiger charge is -2.30. The number of hydrogen-bond donors (Lipinski definition) is 1. The molecule has 4 heteroatoms. The third kappa shape index (κ3) is 2.28. The Kier molecular flexibility index (Phi) is 3.57. The van der Waals surface area contributed by atoms with E-state index >= 15 is 0 Å². The molecule has 0 bridgehead atoms. The van der Waals surface area contributed by atoms with Crippen molar-refractivity contribution in [2.45, 2.75) is 45.1 Å². The van der Waals surface area contributed by atoms with Gasteiger partial charge in [-0.05, 0) is 45.1 Å². The van der Waals surface area contributed by atoms with Crippen molar-refractivity contribution in [2.24, 2.45) is 5.92 Å². The summed E-state index contributed by atoms with van der Waals surface area (Å²) in [5.74, 6) is 0.819. The van der Waals surface area contributed by atoms with E-state index in [0.717, 1.165) is 5.92 Å². The molecule has 1 aromatic heterocycles. The Balaban J connectivity index is 1.83. The van der Waals surface area contributed by atoms with Crippen LogP contribution in [0.5, 0.6) is 0 Å². The number of nitrogens with zero attached hydrogens (tertiary/aromatic N) is 2. The summed E-state index contributed by atoms with van der Waals surface area (Å²) in [5.41, 5.74) is 1.34. The van der Waals surface area contributed by atoms with Crippen LogP contribution in [-0.4, -0.2) is 25.1 Å². The van der Waals surface area contributed by atoms with Crippen molar-refractivity contribution in [2.75, 3.05) is 25.0 Å². The Morgan fingerprint density at radius 2 is 2.22 bits per heavy atom. The number of fused-ring (bicyclic) bond motifs is 1. The Hall–Kier alpha value is -0.610. The molecule has 100 valence electrons. The highest BCUT2D eigenvalue weighted by Gasteiger charge is 2.26. The summed E-state index contributed by atoms with van der Waals surface area (Å²) in [4.78, 5) is 8.97. The maximum Gasteiger partial charge on any atom is 0.185 e. The highest BCUT2D eigenvalue weighted by atomic mass is 32.1. The molecule has 1 N–H and O–H groups in total. The number of hydrogen-bond acceptors (Lipinski definition) is 4. The summed E-state index contributed by atoms with van der Waals surface area (Å²) in [5, 5.41) is 4.68. The Morgan fingerprint density at radius 1 is 1.33 bits per heavy atom. The van der Waals surface area contributed by atoms with Crippen molar-refractivity contribution < 1.29 is 0 Å². The molecule has 1 saturated heterocycles. The van der Waals surface area contributed by atoms with Gasteiger partial charge in [-0.3, -0.25) is 0 Å². The first kappa shape index (κ1) is 12.4. The molecule has 1 fully saturated rings. The van der Waals surface area contributed by atoms with Crippen molar-refractivity contribution in [3.63, 3.8) is 0 Å². The van der Waals surface area contributed by atoms with Gasteiger partial charge in [0.15, 0.2) is 5.13 Å². The molecule has 0 amide bonds. The van der Waals surface area contributed by atoms with Crippen LogP contribution in [0.1, 0.15) is 49.2 Å². The topological polar surface area (TPSA) is 28.2 Å². The highest BCUT2D eigenvalue weighted by molar-refractivity contribution is 7.15. The average Bonchev–Trinajstić information content (AvgIpc) is 2.82. The minimum absolute atomic E-state index is 0.487. The number of aryl methyl sites for hydroxylation is 1. The Labute approximate surface area is 114 Å². The molecular formula is C14H23N3S. The van der Waals surface area contributed by atoms with Gasteiger partial charge in [-0.25, -0.2) is 4.98 Å². The maximum atomic E-state index is 4.94. The van der Waals surface area contributed by atoms with Crippen molar-refractivity contribution in [1.82, 2.24) is 10.3 Å². The molecule has 0 aromatic carbocycles. The second-order valence-corrected chi connectivity index (χ2v) is 6.79. The van der Waals surface area contributed by atoms with Crippen LogP contribution in [0.2, 0.25) is 0 Å². The lowest BCUT2D eigenvalue weighted by Crippen LogP contribution is -2.34. The molecule has 0 saturated carbocycles. The quantitative estimate of drug-likeness (QED) is 0.891. The van der Waals surface area contributed by atoms with Gasteiger partial charge in [0, 0.05) is 18.0 Å². The van der Waals surface area contributed by atoms with Crippen molar-refractivity contribution in [3.05, 3.63) is 10.6 Å². The summed E-state index contributed by atoms with van der Waals surface area (Å²) in [6, 6.07) is 0.487. The van der Waals surface area contributed by atoms with Crippen LogP contribution in [0, 0.1) is 5.92 Å². The summed E-state index contributed by atoms with van der Waals surface area (Å²) < 4.78 is 0. The predicted octanol–water partition coefficient (Wildman–Crippen LogP) is 2.98. The van der Waals surface area contributed by atoms with Crippen molar-refractivity contribution in [1.29, 1.82) is 0 Å². The van der Waals surface area contributed by atoms with Crippen LogP contribution in [0.4, 0.5) is 5.13 Å². The molecule has 1 aliphatic carbocycles. The van der Waals surface area contributed by atoms with Crippen LogP contribution in [0.25, 0.3) is 0 Å². The minimum atomic E-state index is 0.487. The largest absolute Gasteiger partial charge is 0.348 e. The van der Waals surface area contributed by atoms with Crippen molar-refractivity contribution in [3.8, 4) is 0 Å². The van der Waals surface area contributed by atoms with Gasteiger partial charge in [0.2, 0.25) is 0 Å². The molecule has 2 atom stereocenters. The maximum absolute atomic E-state index is 4.94. The van der Waals surface area contributed by atoms with E-state index in [-0.39, 0.29) is 0 Å². The van der Waals surface area contributed by atoms with Gasteiger partial charge in [-0.15, -0.1) is 11.3 Å². The number of thiazole rings is 1. The zero-order chi connectivity index (χ0) is 12.5. The van der Waals surface area contributed by atoms with Gasteiger partial charge in [0.05, 0.1) is 11.7 Å². The van der Waals surface area contributed by atoms with Crippen LogP contribution in [-0.2, 0) is 6.42 Å². The van der Waals surface area contributed by atoms with E-state index in [9.17, 15) is 0 Å². The first-order valence-corrected chi connectivity index (χ1v) is 8.01. The van der Waals surface area contributed by atoms with Crippen molar-refractivity contribution >= 4 is 16.5 Å². The van der Waals surface area contributed by atoms with Gasteiger partial charge in [0.25, 0.3) is 0 Å². The number of rotatable bonds is 2. The fraction of sp³-hybridized carbons (Fsp3) is 0.786. The molecule has 3 rings (SSSR count). The predicted molar refractivity (Wildman–Crippen MR) is 77.5 cm³/mol. The summed E-state index contributed by atoms with van der Waals surface area (Å²) in [6.45, 7) is 4.74. The molecule has 0 spiro atoms. The van der Waals surface area contributed by atoms with E-state index in [4.69, 9.17) is 4.98 Å². The molecule has 18 heavy (non-hydrogen) atoms. The molecule has 0 radical (unpaired) electrons. The van der Waals surface area contributed by atoms with Gasteiger partial charge >= 0.3 is 0 Å². The molecule has 2 unspecified atom stereocenters. The Morgan fingerprint density at radius 3 is 3.00 bits per heavy atom. The van der Waals surface area contributed by atoms with E-state index in [0.29, 0.717) is 6.04 Å². The number of nitrogens with one attached hydrogen (secondary N) is 1. The molecule has 1 aromatic rings. The zero-order valence-electron chi connectivity index (χ0n) is 11.4. The van der Waals surface area contributed by atoms with Gasteiger partial charge in [-0.2, -0.15) is 0 Å². The third-order valence-corrected chi connectivity index (χ3v) is 5.41. The van der Waals surface area contributed by atoms with Crippen LogP contribution < -0.4 is 10.2 Å². The van der Waals surface area contributed by atoms with Gasteiger partial charge in [0.1, 0.15) is 0 Å².